The average molecular weight is 396 g/mol. The molecule has 1 saturated heterocycles. The number of likely N-dealkylation sites (tertiary alicyclic amines) is 1. The Morgan fingerprint density at radius 3 is 2.24 bits per heavy atom. The lowest BCUT2D eigenvalue weighted by molar-refractivity contribution is -0.126. The molecule has 2 aromatic carbocycles. The van der Waals surface area contributed by atoms with Crippen molar-refractivity contribution in [2.24, 2.45) is 5.92 Å². The number of carbonyl (C=O) groups excluding carboxylic acids is 3. The van der Waals surface area contributed by atoms with Crippen molar-refractivity contribution >= 4 is 17.6 Å². The van der Waals surface area contributed by atoms with Gasteiger partial charge >= 0.3 is 0 Å². The summed E-state index contributed by atoms with van der Waals surface area (Å²) in [5.74, 6) is -0.990. The van der Waals surface area contributed by atoms with Crippen molar-refractivity contribution in [3.8, 4) is 0 Å². The highest BCUT2D eigenvalue weighted by Gasteiger charge is 2.29. The van der Waals surface area contributed by atoms with E-state index in [1.807, 2.05) is 6.92 Å². The van der Waals surface area contributed by atoms with Gasteiger partial charge in [-0.2, -0.15) is 0 Å². The van der Waals surface area contributed by atoms with Crippen LogP contribution in [-0.4, -0.2) is 42.1 Å². The number of ketones is 1. The fourth-order valence-corrected chi connectivity index (χ4v) is 3.53. The summed E-state index contributed by atoms with van der Waals surface area (Å²) in [6, 6.07) is 12.0. The summed E-state index contributed by atoms with van der Waals surface area (Å²) in [6.07, 6.45) is 2.10. The molecule has 0 aromatic heterocycles. The Hall–Kier alpha value is -3.02. The van der Waals surface area contributed by atoms with Crippen molar-refractivity contribution < 1.29 is 18.8 Å². The Kier molecular flexibility index (Phi) is 6.75. The fourth-order valence-electron chi connectivity index (χ4n) is 3.53. The van der Waals surface area contributed by atoms with Crippen molar-refractivity contribution in [3.63, 3.8) is 0 Å². The first-order valence-corrected chi connectivity index (χ1v) is 9.97. The minimum absolute atomic E-state index is 0.0471. The first-order chi connectivity index (χ1) is 14.0. The van der Waals surface area contributed by atoms with Crippen LogP contribution in [0.25, 0.3) is 0 Å². The van der Waals surface area contributed by atoms with Crippen LogP contribution >= 0.6 is 0 Å². The predicted octanol–water partition coefficient (Wildman–Crippen LogP) is 3.44. The molecule has 1 aliphatic rings. The third-order valence-electron chi connectivity index (χ3n) is 5.21. The second kappa shape index (κ2) is 9.45. The summed E-state index contributed by atoms with van der Waals surface area (Å²) < 4.78 is 13.2. The second-order valence-corrected chi connectivity index (χ2v) is 7.24. The van der Waals surface area contributed by atoms with Crippen LogP contribution < -0.4 is 5.32 Å². The molecule has 3 rings (SSSR count). The van der Waals surface area contributed by atoms with E-state index in [9.17, 15) is 18.8 Å². The van der Waals surface area contributed by atoms with Gasteiger partial charge in [0.2, 0.25) is 5.91 Å². The van der Waals surface area contributed by atoms with Crippen LogP contribution in [0.5, 0.6) is 0 Å². The normalized spacial score (nSPS) is 14.5. The molecule has 0 aliphatic carbocycles. The maximum Gasteiger partial charge on any atom is 0.254 e. The van der Waals surface area contributed by atoms with Crippen LogP contribution in [0.2, 0.25) is 0 Å². The van der Waals surface area contributed by atoms with Crippen LogP contribution in [0.1, 0.15) is 52.5 Å². The van der Waals surface area contributed by atoms with Gasteiger partial charge in [0.05, 0.1) is 5.56 Å². The van der Waals surface area contributed by atoms with Gasteiger partial charge in [0, 0.05) is 36.7 Å². The molecular weight excluding hydrogens is 371 g/mol. The van der Waals surface area contributed by atoms with Gasteiger partial charge in [0.15, 0.2) is 5.78 Å². The van der Waals surface area contributed by atoms with E-state index >= 15 is 0 Å². The molecule has 0 unspecified atom stereocenters. The van der Waals surface area contributed by atoms with Crippen molar-refractivity contribution in [1.29, 1.82) is 0 Å². The topological polar surface area (TPSA) is 66.5 Å². The van der Waals surface area contributed by atoms with E-state index in [0.29, 0.717) is 49.2 Å². The first kappa shape index (κ1) is 20.7. The molecule has 6 heteroatoms. The van der Waals surface area contributed by atoms with E-state index in [-0.39, 0.29) is 23.5 Å². The highest BCUT2D eigenvalue weighted by Crippen LogP contribution is 2.22. The Bertz CT molecular complexity index is 887. The Morgan fingerprint density at radius 1 is 1.00 bits per heavy atom. The number of hydrogen-bond acceptors (Lipinski definition) is 3. The van der Waals surface area contributed by atoms with Crippen LogP contribution in [0.4, 0.5) is 4.39 Å². The zero-order valence-electron chi connectivity index (χ0n) is 16.5. The van der Waals surface area contributed by atoms with E-state index < -0.39 is 5.82 Å². The highest BCUT2D eigenvalue weighted by atomic mass is 19.1. The number of amides is 2. The molecule has 1 aliphatic heterocycles. The molecule has 5 nitrogen and oxygen atoms in total. The first-order valence-electron chi connectivity index (χ1n) is 9.97. The summed E-state index contributed by atoms with van der Waals surface area (Å²) in [4.78, 5) is 39.8. The Morgan fingerprint density at radius 2 is 1.62 bits per heavy atom. The molecule has 29 heavy (non-hydrogen) atoms. The van der Waals surface area contributed by atoms with E-state index in [1.54, 1.807) is 29.2 Å². The number of halogens is 1. The van der Waals surface area contributed by atoms with Gasteiger partial charge in [0.1, 0.15) is 5.82 Å². The Balaban J connectivity index is 1.72. The third kappa shape index (κ3) is 4.88. The van der Waals surface area contributed by atoms with Crippen LogP contribution in [0.3, 0.4) is 0 Å². The largest absolute Gasteiger partial charge is 0.356 e. The SMILES string of the molecule is CCCNC(=O)C1CCN(C(=O)c2ccccc2C(=O)c2ccc(F)cc2)CC1. The summed E-state index contributed by atoms with van der Waals surface area (Å²) in [7, 11) is 0. The molecule has 1 fully saturated rings. The minimum atomic E-state index is -0.420. The molecule has 1 N–H and O–H groups in total. The van der Waals surface area contributed by atoms with Gasteiger partial charge in [-0.1, -0.05) is 25.1 Å². The van der Waals surface area contributed by atoms with Crippen molar-refractivity contribution in [2.45, 2.75) is 26.2 Å². The molecule has 0 radical (unpaired) electrons. The molecule has 2 amide bonds. The van der Waals surface area contributed by atoms with E-state index in [0.717, 1.165) is 6.42 Å². The number of carbonyl (C=O) groups is 3. The standard InChI is InChI=1S/C23H25FN2O3/c1-2-13-25-22(28)17-11-14-26(15-12-17)23(29)20-6-4-3-5-19(20)21(27)16-7-9-18(24)10-8-16/h3-10,17H,2,11-15H2,1H3,(H,25,28). The van der Waals surface area contributed by atoms with Gasteiger partial charge in [-0.15, -0.1) is 0 Å². The molecule has 0 spiro atoms. The molecule has 1 heterocycles. The zero-order chi connectivity index (χ0) is 20.8. The third-order valence-corrected chi connectivity index (χ3v) is 5.21. The monoisotopic (exact) mass is 396 g/mol. The van der Waals surface area contributed by atoms with Crippen molar-refractivity contribution in [1.82, 2.24) is 10.2 Å². The number of nitrogens with zero attached hydrogens (tertiary/aromatic N) is 1. The molecule has 0 saturated carbocycles. The lowest BCUT2D eigenvalue weighted by atomic mass is 9.93. The minimum Gasteiger partial charge on any atom is -0.356 e. The lowest BCUT2D eigenvalue weighted by Crippen LogP contribution is -2.43. The molecule has 2 aromatic rings. The molecule has 152 valence electrons. The summed E-state index contributed by atoms with van der Waals surface area (Å²) in [6.45, 7) is 3.62. The van der Waals surface area contributed by atoms with E-state index in [1.165, 1.54) is 24.3 Å². The van der Waals surface area contributed by atoms with Gasteiger partial charge in [0.25, 0.3) is 5.91 Å². The van der Waals surface area contributed by atoms with Crippen LogP contribution in [0.15, 0.2) is 48.5 Å². The zero-order valence-corrected chi connectivity index (χ0v) is 16.5. The number of rotatable bonds is 6. The average Bonchev–Trinajstić information content (AvgIpc) is 2.77. The predicted molar refractivity (Wildman–Crippen MR) is 108 cm³/mol. The quantitative estimate of drug-likeness (QED) is 0.761. The highest BCUT2D eigenvalue weighted by molar-refractivity contribution is 6.15. The summed E-state index contributed by atoms with van der Waals surface area (Å²) in [5.41, 5.74) is 0.959. The van der Waals surface area contributed by atoms with Gasteiger partial charge in [-0.3, -0.25) is 14.4 Å². The maximum atomic E-state index is 13.2. The molecule has 0 atom stereocenters. The van der Waals surface area contributed by atoms with Crippen LogP contribution in [0, 0.1) is 11.7 Å². The van der Waals surface area contributed by atoms with Crippen molar-refractivity contribution in [3.05, 3.63) is 71.0 Å². The van der Waals surface area contributed by atoms with Gasteiger partial charge in [-0.05, 0) is 49.6 Å². The van der Waals surface area contributed by atoms with Gasteiger partial charge in [-0.25, -0.2) is 4.39 Å². The van der Waals surface area contributed by atoms with Crippen LogP contribution in [-0.2, 0) is 4.79 Å². The number of piperidine rings is 1. The number of benzene rings is 2. The smallest absolute Gasteiger partial charge is 0.254 e. The molecule has 0 bridgehead atoms. The van der Waals surface area contributed by atoms with E-state index in [2.05, 4.69) is 5.32 Å². The molecular formula is C23H25FN2O3. The number of hydrogen-bond donors (Lipinski definition) is 1. The van der Waals surface area contributed by atoms with E-state index in [4.69, 9.17) is 0 Å². The van der Waals surface area contributed by atoms with Gasteiger partial charge < -0.3 is 10.2 Å². The Labute approximate surface area is 169 Å². The number of nitrogens with one attached hydrogen (secondary N) is 1. The summed E-state index contributed by atoms with van der Waals surface area (Å²) in [5, 5.41) is 2.91. The maximum absolute atomic E-state index is 13.2. The fraction of sp³-hybridized carbons (Fsp3) is 0.348. The second-order valence-electron chi connectivity index (χ2n) is 7.24. The van der Waals surface area contributed by atoms with Crippen molar-refractivity contribution in [2.75, 3.05) is 19.6 Å². The summed E-state index contributed by atoms with van der Waals surface area (Å²) >= 11 is 0. The lowest BCUT2D eigenvalue weighted by Gasteiger charge is -2.31.